The van der Waals surface area contributed by atoms with E-state index in [1.54, 1.807) is 0 Å². The Labute approximate surface area is 111 Å². The Bertz CT molecular complexity index is 517. The minimum atomic E-state index is -4.60. The summed E-state index contributed by atoms with van der Waals surface area (Å²) in [4.78, 5) is 22.2. The van der Waals surface area contributed by atoms with Crippen molar-refractivity contribution < 1.29 is 27.9 Å². The zero-order chi connectivity index (χ0) is 15.3. The number of nitrogens with one attached hydrogen (secondary N) is 2. The van der Waals surface area contributed by atoms with Gasteiger partial charge in [0.25, 0.3) is 0 Å². The molecule has 0 unspecified atom stereocenters. The lowest BCUT2D eigenvalue weighted by Crippen LogP contribution is -2.36. The number of hydrogen-bond acceptors (Lipinski definition) is 4. The first-order valence-electron chi connectivity index (χ1n) is 5.41. The minimum absolute atomic E-state index is 0.317. The Hall–Kier alpha value is -2.29. The fraction of sp³-hybridized carbons (Fsp3) is 0.273. The number of rotatable bonds is 4. The monoisotopic (exact) mass is 291 g/mol. The van der Waals surface area contributed by atoms with Crippen LogP contribution >= 0.6 is 0 Å². The molecule has 0 aliphatic carbocycles. The molecule has 6 nitrogen and oxygen atoms in total. The highest BCUT2D eigenvalue weighted by Gasteiger charge is 2.31. The van der Waals surface area contributed by atoms with E-state index in [0.717, 1.165) is 6.07 Å². The first-order chi connectivity index (χ1) is 9.24. The summed E-state index contributed by atoms with van der Waals surface area (Å²) in [6.45, 7) is -0.784. The van der Waals surface area contributed by atoms with Gasteiger partial charge in [0.1, 0.15) is 5.75 Å². The van der Waals surface area contributed by atoms with E-state index in [0.29, 0.717) is 12.1 Å². The van der Waals surface area contributed by atoms with Crippen LogP contribution in [-0.2, 0) is 15.8 Å². The van der Waals surface area contributed by atoms with Crippen molar-refractivity contribution in [1.29, 1.82) is 0 Å². The first-order valence-corrected chi connectivity index (χ1v) is 5.41. The third-order valence-corrected chi connectivity index (χ3v) is 2.23. The maximum Gasteiger partial charge on any atom is 0.416 e. The van der Waals surface area contributed by atoms with E-state index in [1.165, 1.54) is 0 Å². The number of alkyl halides is 3. The van der Waals surface area contributed by atoms with Gasteiger partial charge in [0.05, 0.1) is 24.3 Å². The largest absolute Gasteiger partial charge is 0.506 e. The molecule has 5 N–H and O–H groups in total. The molecule has 0 saturated carbocycles. The number of aromatic hydroxyl groups is 1. The second-order valence-electron chi connectivity index (χ2n) is 3.76. The number of hydrogen-bond donors (Lipinski definition) is 4. The number of carbonyl (C=O) groups is 2. The summed E-state index contributed by atoms with van der Waals surface area (Å²) in [6.07, 6.45) is -4.60. The van der Waals surface area contributed by atoms with Crippen molar-refractivity contribution in [1.82, 2.24) is 5.32 Å². The summed E-state index contributed by atoms with van der Waals surface area (Å²) in [7, 11) is 0. The quantitative estimate of drug-likeness (QED) is 0.604. The molecule has 0 aromatic heterocycles. The molecule has 0 atom stereocenters. The molecule has 0 saturated heterocycles. The van der Waals surface area contributed by atoms with Crippen molar-refractivity contribution in [3.63, 3.8) is 0 Å². The fourth-order valence-electron chi connectivity index (χ4n) is 1.26. The smallest absolute Gasteiger partial charge is 0.416 e. The van der Waals surface area contributed by atoms with Crippen molar-refractivity contribution in [3.8, 4) is 5.75 Å². The highest BCUT2D eigenvalue weighted by molar-refractivity contribution is 5.95. The van der Waals surface area contributed by atoms with Crippen molar-refractivity contribution in [2.45, 2.75) is 6.18 Å². The summed E-state index contributed by atoms with van der Waals surface area (Å²) >= 11 is 0. The van der Waals surface area contributed by atoms with Crippen LogP contribution in [0, 0.1) is 0 Å². The predicted molar refractivity (Wildman–Crippen MR) is 63.8 cm³/mol. The van der Waals surface area contributed by atoms with Gasteiger partial charge < -0.3 is 21.5 Å². The molecule has 0 aliphatic heterocycles. The second-order valence-corrected chi connectivity index (χ2v) is 3.76. The molecule has 0 aliphatic rings. The van der Waals surface area contributed by atoms with Crippen molar-refractivity contribution in [2.24, 2.45) is 5.73 Å². The van der Waals surface area contributed by atoms with E-state index in [4.69, 9.17) is 5.73 Å². The van der Waals surface area contributed by atoms with Gasteiger partial charge in [-0.1, -0.05) is 0 Å². The molecular formula is C11H12F3N3O3. The van der Waals surface area contributed by atoms with Crippen molar-refractivity contribution in [2.75, 3.05) is 18.4 Å². The molecule has 1 rings (SSSR count). The normalized spacial score (nSPS) is 11.0. The Kier molecular flexibility index (Phi) is 4.92. The van der Waals surface area contributed by atoms with E-state index in [-0.39, 0.29) is 6.54 Å². The molecule has 0 radical (unpaired) electrons. The minimum Gasteiger partial charge on any atom is -0.506 e. The Morgan fingerprint density at radius 2 is 1.90 bits per heavy atom. The number of phenols is 1. The van der Waals surface area contributed by atoms with E-state index >= 15 is 0 Å². The van der Waals surface area contributed by atoms with Crippen LogP contribution in [0.2, 0.25) is 0 Å². The Morgan fingerprint density at radius 1 is 1.25 bits per heavy atom. The van der Waals surface area contributed by atoms with Gasteiger partial charge in [-0.05, 0) is 18.2 Å². The van der Waals surface area contributed by atoms with Crippen LogP contribution in [0.1, 0.15) is 5.56 Å². The Balaban J connectivity index is 2.76. The summed E-state index contributed by atoms with van der Waals surface area (Å²) in [5.74, 6) is -1.90. The standard InChI is InChI=1S/C11H12F3N3O3/c12-11(13,14)6-1-2-8(18)7(3-6)17-10(20)5-16-9(19)4-15/h1-3,18H,4-5,15H2,(H,16,19)(H,17,20). The maximum absolute atomic E-state index is 12.5. The maximum atomic E-state index is 12.5. The summed E-state index contributed by atoms with van der Waals surface area (Å²) in [5.41, 5.74) is 3.58. The van der Waals surface area contributed by atoms with E-state index in [9.17, 15) is 27.9 Å². The highest BCUT2D eigenvalue weighted by Crippen LogP contribution is 2.34. The summed E-state index contributed by atoms with van der Waals surface area (Å²) in [6, 6.07) is 2.09. The van der Waals surface area contributed by atoms with Crippen LogP contribution in [0.4, 0.5) is 18.9 Å². The van der Waals surface area contributed by atoms with Crippen LogP contribution in [0.5, 0.6) is 5.75 Å². The second kappa shape index (κ2) is 6.24. The van der Waals surface area contributed by atoms with Crippen LogP contribution in [-0.4, -0.2) is 30.0 Å². The van der Waals surface area contributed by atoms with E-state index in [1.807, 2.05) is 0 Å². The molecule has 9 heteroatoms. The third kappa shape index (κ3) is 4.43. The van der Waals surface area contributed by atoms with Gasteiger partial charge in [-0.2, -0.15) is 13.2 Å². The zero-order valence-electron chi connectivity index (χ0n) is 10.1. The van der Waals surface area contributed by atoms with E-state index in [2.05, 4.69) is 10.6 Å². The van der Waals surface area contributed by atoms with Crippen LogP contribution < -0.4 is 16.4 Å². The van der Waals surface area contributed by atoms with Crippen molar-refractivity contribution >= 4 is 17.5 Å². The number of anilines is 1. The number of halogens is 3. The molecule has 0 bridgehead atoms. The predicted octanol–water partition coefficient (Wildman–Crippen LogP) is 0.424. The number of amides is 2. The first kappa shape index (κ1) is 15.8. The Morgan fingerprint density at radius 3 is 2.45 bits per heavy atom. The van der Waals surface area contributed by atoms with Gasteiger partial charge in [-0.25, -0.2) is 0 Å². The fourth-order valence-corrected chi connectivity index (χ4v) is 1.26. The topological polar surface area (TPSA) is 104 Å². The molecule has 20 heavy (non-hydrogen) atoms. The lowest BCUT2D eigenvalue weighted by atomic mass is 10.2. The van der Waals surface area contributed by atoms with Crippen molar-refractivity contribution in [3.05, 3.63) is 23.8 Å². The van der Waals surface area contributed by atoms with Gasteiger partial charge in [0.15, 0.2) is 0 Å². The average molecular weight is 291 g/mol. The highest BCUT2D eigenvalue weighted by atomic mass is 19.4. The lowest BCUT2D eigenvalue weighted by molar-refractivity contribution is -0.137. The number of carbonyl (C=O) groups excluding carboxylic acids is 2. The molecule has 1 aromatic carbocycles. The lowest BCUT2D eigenvalue weighted by Gasteiger charge is -2.11. The van der Waals surface area contributed by atoms with E-state index < -0.39 is 41.5 Å². The van der Waals surface area contributed by atoms with Crippen LogP contribution in [0.3, 0.4) is 0 Å². The third-order valence-electron chi connectivity index (χ3n) is 2.23. The zero-order valence-corrected chi connectivity index (χ0v) is 10.1. The molecule has 0 fully saturated rings. The molecule has 2 amide bonds. The van der Waals surface area contributed by atoms with Crippen LogP contribution in [0.15, 0.2) is 18.2 Å². The number of nitrogens with two attached hydrogens (primary N) is 1. The van der Waals surface area contributed by atoms with Gasteiger partial charge in [-0.15, -0.1) is 0 Å². The molecule has 1 aromatic rings. The average Bonchev–Trinajstić information content (AvgIpc) is 2.37. The number of benzene rings is 1. The molecule has 0 spiro atoms. The van der Waals surface area contributed by atoms with Gasteiger partial charge in [0, 0.05) is 0 Å². The van der Waals surface area contributed by atoms with Gasteiger partial charge in [-0.3, -0.25) is 9.59 Å². The SMILES string of the molecule is NCC(=O)NCC(=O)Nc1cc(C(F)(F)F)ccc1O. The number of phenolic OH excluding ortho intramolecular Hbond substituents is 1. The molecule has 0 heterocycles. The summed E-state index contributed by atoms with van der Waals surface area (Å²) < 4.78 is 37.4. The van der Waals surface area contributed by atoms with Gasteiger partial charge in [0.2, 0.25) is 11.8 Å². The van der Waals surface area contributed by atoms with Gasteiger partial charge >= 0.3 is 6.18 Å². The molecular weight excluding hydrogens is 279 g/mol. The molecule has 110 valence electrons. The summed E-state index contributed by atoms with van der Waals surface area (Å²) in [5, 5.41) is 13.6. The van der Waals surface area contributed by atoms with Crippen LogP contribution in [0.25, 0.3) is 0 Å².